The van der Waals surface area contributed by atoms with Crippen LogP contribution >= 0.6 is 12.4 Å². The zero-order chi connectivity index (χ0) is 18.1. The number of hydrogen-bond acceptors (Lipinski definition) is 5. The maximum Gasteiger partial charge on any atom is 0.222 e. The normalized spacial score (nSPS) is 14.7. The molecule has 0 bridgehead atoms. The van der Waals surface area contributed by atoms with Crippen LogP contribution in [0.4, 0.5) is 0 Å². The van der Waals surface area contributed by atoms with Crippen LogP contribution in [0.1, 0.15) is 31.2 Å². The number of nitrogens with zero attached hydrogens (tertiary/aromatic N) is 1. The third kappa shape index (κ3) is 7.02. The van der Waals surface area contributed by atoms with E-state index < -0.39 is 0 Å². The third-order valence-electron chi connectivity index (χ3n) is 4.54. The van der Waals surface area contributed by atoms with E-state index in [0.29, 0.717) is 26.0 Å². The SMILES string of the molecule is COc1cc(CCC(=O)N2CCC(OCCCN)CC2)cc(OC)c1.Cl. The van der Waals surface area contributed by atoms with E-state index in [4.69, 9.17) is 19.9 Å². The van der Waals surface area contributed by atoms with Gasteiger partial charge in [-0.05, 0) is 49.9 Å². The van der Waals surface area contributed by atoms with Gasteiger partial charge in [-0.25, -0.2) is 0 Å². The van der Waals surface area contributed by atoms with E-state index in [1.54, 1.807) is 14.2 Å². The summed E-state index contributed by atoms with van der Waals surface area (Å²) in [5.74, 6) is 1.69. The highest BCUT2D eigenvalue weighted by atomic mass is 35.5. The maximum absolute atomic E-state index is 12.5. The van der Waals surface area contributed by atoms with Crippen LogP contribution in [0.2, 0.25) is 0 Å². The lowest BCUT2D eigenvalue weighted by atomic mass is 10.1. The van der Waals surface area contributed by atoms with Crippen molar-refractivity contribution in [3.63, 3.8) is 0 Å². The highest BCUT2D eigenvalue weighted by molar-refractivity contribution is 5.85. The quantitative estimate of drug-likeness (QED) is 0.660. The monoisotopic (exact) mass is 386 g/mol. The Bertz CT molecular complexity index is 526. The topological polar surface area (TPSA) is 74.0 Å². The first-order chi connectivity index (χ1) is 12.2. The standard InChI is InChI=1S/C19H30N2O4.ClH/c1-23-17-12-15(13-18(14-17)24-2)4-5-19(22)21-9-6-16(7-10-21)25-11-3-8-20;/h12-14,16H,3-11,20H2,1-2H3;1H. The zero-order valence-corrected chi connectivity index (χ0v) is 16.6. The average Bonchev–Trinajstić information content (AvgIpc) is 2.66. The van der Waals surface area contributed by atoms with Crippen molar-refractivity contribution in [2.45, 2.75) is 38.2 Å². The van der Waals surface area contributed by atoms with Gasteiger partial charge in [0.15, 0.2) is 0 Å². The Morgan fingerprint density at radius 1 is 1.15 bits per heavy atom. The fourth-order valence-electron chi connectivity index (χ4n) is 3.03. The van der Waals surface area contributed by atoms with E-state index in [0.717, 1.165) is 49.4 Å². The minimum atomic E-state index is 0. The Balaban J connectivity index is 0.00000338. The van der Waals surface area contributed by atoms with Crippen LogP contribution in [0, 0.1) is 0 Å². The molecule has 0 atom stereocenters. The van der Waals surface area contributed by atoms with E-state index in [1.807, 2.05) is 23.1 Å². The second-order valence-corrected chi connectivity index (χ2v) is 6.31. The van der Waals surface area contributed by atoms with Gasteiger partial charge < -0.3 is 24.8 Å². The van der Waals surface area contributed by atoms with Crippen molar-refractivity contribution >= 4 is 18.3 Å². The van der Waals surface area contributed by atoms with Crippen molar-refractivity contribution in [2.75, 3.05) is 40.5 Å². The molecule has 1 aliphatic heterocycles. The molecular formula is C19H31ClN2O4. The van der Waals surface area contributed by atoms with Gasteiger partial charge in [-0.15, -0.1) is 12.4 Å². The van der Waals surface area contributed by atoms with Crippen LogP contribution in [-0.4, -0.2) is 57.4 Å². The molecule has 0 saturated carbocycles. The molecule has 0 unspecified atom stereocenters. The number of halogens is 1. The van der Waals surface area contributed by atoms with Gasteiger partial charge in [0, 0.05) is 32.2 Å². The van der Waals surface area contributed by atoms with Crippen molar-refractivity contribution in [1.29, 1.82) is 0 Å². The number of likely N-dealkylation sites (tertiary alicyclic amines) is 1. The molecule has 26 heavy (non-hydrogen) atoms. The highest BCUT2D eigenvalue weighted by Gasteiger charge is 2.22. The molecule has 1 aromatic rings. The summed E-state index contributed by atoms with van der Waals surface area (Å²) in [4.78, 5) is 14.4. The molecule has 0 spiro atoms. The number of benzene rings is 1. The number of carbonyl (C=O) groups excluding carboxylic acids is 1. The Labute approximate surface area is 162 Å². The molecule has 148 valence electrons. The van der Waals surface area contributed by atoms with Gasteiger partial charge in [-0.1, -0.05) is 0 Å². The molecule has 1 saturated heterocycles. The minimum Gasteiger partial charge on any atom is -0.497 e. The smallest absolute Gasteiger partial charge is 0.222 e. The van der Waals surface area contributed by atoms with Crippen LogP contribution < -0.4 is 15.2 Å². The largest absolute Gasteiger partial charge is 0.497 e. The molecule has 0 aliphatic carbocycles. The summed E-state index contributed by atoms with van der Waals surface area (Å²) in [5.41, 5.74) is 6.52. The Morgan fingerprint density at radius 2 is 1.77 bits per heavy atom. The summed E-state index contributed by atoms with van der Waals surface area (Å²) in [6, 6.07) is 5.74. The second kappa shape index (κ2) is 12.0. The van der Waals surface area contributed by atoms with Crippen LogP contribution in [-0.2, 0) is 16.0 Å². The number of amides is 1. The molecule has 2 rings (SSSR count). The molecule has 1 amide bonds. The lowest BCUT2D eigenvalue weighted by Crippen LogP contribution is -2.41. The average molecular weight is 387 g/mol. The minimum absolute atomic E-state index is 0. The lowest BCUT2D eigenvalue weighted by Gasteiger charge is -2.32. The molecule has 1 heterocycles. The number of ether oxygens (including phenoxy) is 3. The molecule has 0 radical (unpaired) electrons. The maximum atomic E-state index is 12.5. The molecule has 1 aliphatic rings. The Kier molecular flexibility index (Phi) is 10.4. The van der Waals surface area contributed by atoms with E-state index in [9.17, 15) is 4.79 Å². The number of methoxy groups -OCH3 is 2. The number of carbonyl (C=O) groups is 1. The first-order valence-corrected chi connectivity index (χ1v) is 8.97. The summed E-state index contributed by atoms with van der Waals surface area (Å²) in [6.45, 7) is 2.92. The summed E-state index contributed by atoms with van der Waals surface area (Å²) >= 11 is 0. The second-order valence-electron chi connectivity index (χ2n) is 6.31. The highest BCUT2D eigenvalue weighted by Crippen LogP contribution is 2.23. The molecule has 6 nitrogen and oxygen atoms in total. The van der Waals surface area contributed by atoms with Gasteiger partial charge >= 0.3 is 0 Å². The molecule has 0 aromatic heterocycles. The van der Waals surface area contributed by atoms with Crippen molar-refractivity contribution in [3.05, 3.63) is 23.8 Å². The Morgan fingerprint density at radius 3 is 2.31 bits per heavy atom. The Hall–Kier alpha value is -1.50. The van der Waals surface area contributed by atoms with Crippen molar-refractivity contribution in [1.82, 2.24) is 4.90 Å². The zero-order valence-electron chi connectivity index (χ0n) is 15.7. The van der Waals surface area contributed by atoms with Crippen LogP contribution in [0.15, 0.2) is 18.2 Å². The molecular weight excluding hydrogens is 356 g/mol. The predicted octanol–water partition coefficient (Wildman–Crippen LogP) is 2.41. The van der Waals surface area contributed by atoms with E-state index in [1.165, 1.54) is 0 Å². The van der Waals surface area contributed by atoms with Crippen LogP contribution in [0.5, 0.6) is 11.5 Å². The predicted molar refractivity (Wildman–Crippen MR) is 104 cm³/mol. The van der Waals surface area contributed by atoms with Crippen molar-refractivity contribution in [3.8, 4) is 11.5 Å². The molecule has 1 aromatic carbocycles. The lowest BCUT2D eigenvalue weighted by molar-refractivity contribution is -0.133. The molecule has 1 fully saturated rings. The van der Waals surface area contributed by atoms with E-state index >= 15 is 0 Å². The van der Waals surface area contributed by atoms with Crippen LogP contribution in [0.25, 0.3) is 0 Å². The molecule has 7 heteroatoms. The van der Waals surface area contributed by atoms with E-state index in [2.05, 4.69) is 0 Å². The van der Waals surface area contributed by atoms with Gasteiger partial charge in [0.2, 0.25) is 5.91 Å². The van der Waals surface area contributed by atoms with Gasteiger partial charge in [-0.3, -0.25) is 4.79 Å². The van der Waals surface area contributed by atoms with Crippen LogP contribution in [0.3, 0.4) is 0 Å². The summed E-state index contributed by atoms with van der Waals surface area (Å²) < 4.78 is 16.3. The van der Waals surface area contributed by atoms with Gasteiger partial charge in [0.05, 0.1) is 20.3 Å². The van der Waals surface area contributed by atoms with Gasteiger partial charge in [-0.2, -0.15) is 0 Å². The summed E-state index contributed by atoms with van der Waals surface area (Å²) in [7, 11) is 3.26. The molecule has 2 N–H and O–H groups in total. The number of aryl methyl sites for hydroxylation is 1. The fourth-order valence-corrected chi connectivity index (χ4v) is 3.03. The number of nitrogens with two attached hydrogens (primary N) is 1. The summed E-state index contributed by atoms with van der Waals surface area (Å²) in [5, 5.41) is 0. The van der Waals surface area contributed by atoms with Crippen molar-refractivity contribution in [2.24, 2.45) is 5.73 Å². The first-order valence-electron chi connectivity index (χ1n) is 8.97. The summed E-state index contributed by atoms with van der Waals surface area (Å²) in [6.07, 6.45) is 4.14. The fraction of sp³-hybridized carbons (Fsp3) is 0.632. The number of rotatable bonds is 9. The number of hydrogen-bond donors (Lipinski definition) is 1. The van der Waals surface area contributed by atoms with Gasteiger partial charge in [0.1, 0.15) is 11.5 Å². The third-order valence-corrected chi connectivity index (χ3v) is 4.54. The first kappa shape index (κ1) is 22.5. The number of piperidine rings is 1. The van der Waals surface area contributed by atoms with E-state index in [-0.39, 0.29) is 24.4 Å². The van der Waals surface area contributed by atoms with Gasteiger partial charge in [0.25, 0.3) is 0 Å². The van der Waals surface area contributed by atoms with Crippen molar-refractivity contribution < 1.29 is 19.0 Å².